The lowest BCUT2D eigenvalue weighted by atomic mass is 10.0. The lowest BCUT2D eigenvalue weighted by Crippen LogP contribution is -2.18. The van der Waals surface area contributed by atoms with Crippen molar-refractivity contribution in [2.45, 2.75) is 155 Å². The summed E-state index contributed by atoms with van der Waals surface area (Å²) in [5.74, 6) is -0.115. The summed E-state index contributed by atoms with van der Waals surface area (Å²) in [6, 6.07) is 0. The fourth-order valence-electron chi connectivity index (χ4n) is 3.84. The van der Waals surface area contributed by atoms with E-state index in [1.54, 1.807) is 0 Å². The Hall–Kier alpha value is -0.860. The smallest absolute Gasteiger partial charge is 0.306 e. The molecular weight excluding hydrogens is 360 g/mol. The number of hydrogen-bond donors (Lipinski definition) is 0. The van der Waals surface area contributed by atoms with Crippen LogP contribution in [-0.4, -0.2) is 18.4 Å². The van der Waals surface area contributed by atoms with E-state index in [0.29, 0.717) is 12.8 Å². The third-order valence-corrected chi connectivity index (χ3v) is 5.77. The molecular formula is C26H50O3. The minimum absolute atomic E-state index is 0.115. The Morgan fingerprint density at radius 3 is 1.52 bits per heavy atom. The molecule has 0 fully saturated rings. The van der Waals surface area contributed by atoms with Crippen molar-refractivity contribution in [2.24, 2.45) is 0 Å². The van der Waals surface area contributed by atoms with Gasteiger partial charge in [0.25, 0.3) is 0 Å². The van der Waals surface area contributed by atoms with Gasteiger partial charge in [-0.05, 0) is 19.3 Å². The fourth-order valence-corrected chi connectivity index (χ4v) is 3.84. The topological polar surface area (TPSA) is 43.4 Å². The lowest BCUT2D eigenvalue weighted by molar-refractivity contribution is -0.150. The summed E-state index contributed by atoms with van der Waals surface area (Å²) in [7, 11) is 0. The maximum Gasteiger partial charge on any atom is 0.306 e. The second-order valence-corrected chi connectivity index (χ2v) is 8.71. The molecule has 0 heterocycles. The van der Waals surface area contributed by atoms with E-state index in [2.05, 4.69) is 13.8 Å². The van der Waals surface area contributed by atoms with Crippen molar-refractivity contribution >= 4 is 12.3 Å². The van der Waals surface area contributed by atoms with E-state index in [1.807, 2.05) is 0 Å². The van der Waals surface area contributed by atoms with Crippen LogP contribution in [0.15, 0.2) is 0 Å². The van der Waals surface area contributed by atoms with Crippen LogP contribution < -0.4 is 0 Å². The maximum atomic E-state index is 12.1. The molecule has 0 spiro atoms. The van der Waals surface area contributed by atoms with Crippen molar-refractivity contribution in [3.8, 4) is 0 Å². The molecule has 0 saturated carbocycles. The minimum atomic E-state index is -0.205. The molecule has 0 aromatic rings. The average Bonchev–Trinajstić information content (AvgIpc) is 2.71. The number of carbonyl (C=O) groups is 2. The van der Waals surface area contributed by atoms with Crippen LogP contribution in [0.5, 0.6) is 0 Å². The van der Waals surface area contributed by atoms with Crippen LogP contribution in [0.1, 0.15) is 149 Å². The first-order chi connectivity index (χ1) is 14.2. The summed E-state index contributed by atoms with van der Waals surface area (Å²) < 4.78 is 5.56. The molecule has 0 aliphatic heterocycles. The van der Waals surface area contributed by atoms with Gasteiger partial charge >= 0.3 is 5.97 Å². The molecule has 3 heteroatoms. The Labute approximate surface area is 181 Å². The highest BCUT2D eigenvalue weighted by Crippen LogP contribution is 2.15. The summed E-state index contributed by atoms with van der Waals surface area (Å²) in [6.45, 7) is 4.49. The standard InChI is InChI=1S/C26H50O3/c1-3-5-7-9-11-13-14-16-18-20-22-26(28)29-25(23-24-27)21-19-17-15-12-10-8-6-4-2/h24-25H,3-23H2,1-2H3. The number of unbranched alkanes of at least 4 members (excludes halogenated alkanes) is 16. The molecule has 0 bridgehead atoms. The van der Waals surface area contributed by atoms with Crippen LogP contribution in [0.2, 0.25) is 0 Å². The predicted octanol–water partition coefficient (Wildman–Crippen LogP) is 8.33. The van der Waals surface area contributed by atoms with E-state index in [4.69, 9.17) is 4.74 Å². The van der Waals surface area contributed by atoms with Crippen molar-refractivity contribution in [2.75, 3.05) is 0 Å². The molecule has 1 atom stereocenters. The van der Waals surface area contributed by atoms with Gasteiger partial charge in [0.2, 0.25) is 0 Å². The predicted molar refractivity (Wildman–Crippen MR) is 124 cm³/mol. The van der Waals surface area contributed by atoms with Crippen molar-refractivity contribution in [3.05, 3.63) is 0 Å². The number of carbonyl (C=O) groups excluding carboxylic acids is 2. The zero-order valence-electron chi connectivity index (χ0n) is 19.7. The maximum absolute atomic E-state index is 12.1. The number of hydrogen-bond acceptors (Lipinski definition) is 3. The lowest BCUT2D eigenvalue weighted by Gasteiger charge is -2.15. The van der Waals surface area contributed by atoms with Crippen molar-refractivity contribution < 1.29 is 14.3 Å². The zero-order valence-corrected chi connectivity index (χ0v) is 19.7. The molecule has 0 amide bonds. The quantitative estimate of drug-likeness (QED) is 0.0965. The molecule has 0 radical (unpaired) electrons. The van der Waals surface area contributed by atoms with E-state index >= 15 is 0 Å². The normalized spacial score (nSPS) is 12.1. The van der Waals surface area contributed by atoms with Gasteiger partial charge in [-0.1, -0.05) is 117 Å². The molecule has 0 N–H and O–H groups in total. The SMILES string of the molecule is CCCCCCCCCCCCC(=O)OC(CC=O)CCCCCCCCCC. The third kappa shape index (κ3) is 21.7. The van der Waals surface area contributed by atoms with Crippen LogP contribution in [0.3, 0.4) is 0 Å². The first kappa shape index (κ1) is 28.1. The highest BCUT2D eigenvalue weighted by Gasteiger charge is 2.13. The Balaban J connectivity index is 3.60. The minimum Gasteiger partial charge on any atom is -0.462 e. The molecule has 29 heavy (non-hydrogen) atoms. The number of ether oxygens (including phenoxy) is 1. The highest BCUT2D eigenvalue weighted by atomic mass is 16.5. The van der Waals surface area contributed by atoms with Crippen LogP contribution in [0, 0.1) is 0 Å². The largest absolute Gasteiger partial charge is 0.462 e. The van der Waals surface area contributed by atoms with Gasteiger partial charge in [-0.25, -0.2) is 0 Å². The fraction of sp³-hybridized carbons (Fsp3) is 0.923. The van der Waals surface area contributed by atoms with E-state index in [0.717, 1.165) is 32.0 Å². The summed E-state index contributed by atoms with van der Waals surface area (Å²) in [6.07, 6.45) is 25.1. The van der Waals surface area contributed by atoms with Crippen molar-refractivity contribution in [1.29, 1.82) is 0 Å². The number of rotatable bonds is 23. The molecule has 172 valence electrons. The van der Waals surface area contributed by atoms with E-state index in [9.17, 15) is 9.59 Å². The van der Waals surface area contributed by atoms with Crippen LogP contribution in [-0.2, 0) is 14.3 Å². The molecule has 1 unspecified atom stereocenters. The van der Waals surface area contributed by atoms with Gasteiger partial charge in [0.15, 0.2) is 0 Å². The Bertz CT molecular complexity index is 354. The van der Waals surface area contributed by atoms with Crippen LogP contribution in [0.4, 0.5) is 0 Å². The Kier molecular flexibility index (Phi) is 22.7. The molecule has 0 rings (SSSR count). The van der Waals surface area contributed by atoms with Gasteiger partial charge in [0.1, 0.15) is 12.4 Å². The second kappa shape index (κ2) is 23.4. The molecule has 3 nitrogen and oxygen atoms in total. The van der Waals surface area contributed by atoms with Crippen LogP contribution in [0.25, 0.3) is 0 Å². The van der Waals surface area contributed by atoms with E-state index in [-0.39, 0.29) is 12.1 Å². The van der Waals surface area contributed by atoms with Gasteiger partial charge in [-0.15, -0.1) is 0 Å². The van der Waals surface area contributed by atoms with Crippen molar-refractivity contribution in [3.63, 3.8) is 0 Å². The van der Waals surface area contributed by atoms with Crippen LogP contribution >= 0.6 is 0 Å². The third-order valence-electron chi connectivity index (χ3n) is 5.77. The number of aldehydes is 1. The van der Waals surface area contributed by atoms with Gasteiger partial charge in [0.05, 0.1) is 0 Å². The second-order valence-electron chi connectivity index (χ2n) is 8.71. The first-order valence-corrected chi connectivity index (χ1v) is 12.9. The van der Waals surface area contributed by atoms with E-state index in [1.165, 1.54) is 96.3 Å². The summed E-state index contributed by atoms with van der Waals surface area (Å²) in [5, 5.41) is 0. The molecule has 0 aromatic heterocycles. The van der Waals surface area contributed by atoms with Gasteiger partial charge in [0, 0.05) is 12.8 Å². The summed E-state index contributed by atoms with van der Waals surface area (Å²) >= 11 is 0. The monoisotopic (exact) mass is 410 g/mol. The zero-order chi connectivity index (χ0) is 21.4. The Morgan fingerprint density at radius 1 is 0.655 bits per heavy atom. The highest BCUT2D eigenvalue weighted by molar-refractivity contribution is 5.69. The summed E-state index contributed by atoms with van der Waals surface area (Å²) in [5.41, 5.74) is 0. The molecule has 0 aliphatic carbocycles. The number of esters is 1. The Morgan fingerprint density at radius 2 is 1.07 bits per heavy atom. The molecule has 0 aliphatic rings. The van der Waals surface area contributed by atoms with Gasteiger partial charge in [-0.3, -0.25) is 4.79 Å². The van der Waals surface area contributed by atoms with Gasteiger partial charge < -0.3 is 9.53 Å². The molecule has 0 saturated heterocycles. The molecule has 0 aromatic carbocycles. The average molecular weight is 411 g/mol. The summed E-state index contributed by atoms with van der Waals surface area (Å²) in [4.78, 5) is 22.9. The first-order valence-electron chi connectivity index (χ1n) is 12.9. The van der Waals surface area contributed by atoms with E-state index < -0.39 is 0 Å². The van der Waals surface area contributed by atoms with Crippen molar-refractivity contribution in [1.82, 2.24) is 0 Å². The van der Waals surface area contributed by atoms with Gasteiger partial charge in [-0.2, -0.15) is 0 Å².